The molecule has 32 heavy (non-hydrogen) atoms. The summed E-state index contributed by atoms with van der Waals surface area (Å²) >= 11 is 0. The lowest BCUT2D eigenvalue weighted by molar-refractivity contribution is 0.00578. The lowest BCUT2D eigenvalue weighted by Crippen LogP contribution is -2.41. The van der Waals surface area contributed by atoms with E-state index in [0.717, 1.165) is 10.9 Å². The molecule has 1 saturated heterocycles. The van der Waals surface area contributed by atoms with Crippen LogP contribution in [0.3, 0.4) is 0 Å². The zero-order valence-corrected chi connectivity index (χ0v) is 19.9. The lowest BCUT2D eigenvalue weighted by atomic mass is 9.75. The third-order valence-electron chi connectivity index (χ3n) is 6.73. The Morgan fingerprint density at radius 2 is 1.72 bits per heavy atom. The topological polar surface area (TPSA) is 73.6 Å². The molecule has 0 saturated carbocycles. The van der Waals surface area contributed by atoms with Gasteiger partial charge in [0.1, 0.15) is 0 Å². The second-order valence-corrected chi connectivity index (χ2v) is 10.5. The fourth-order valence-electron chi connectivity index (χ4n) is 3.94. The van der Waals surface area contributed by atoms with Gasteiger partial charge in [0.05, 0.1) is 35.1 Å². The Labute approximate surface area is 189 Å². The van der Waals surface area contributed by atoms with Crippen molar-refractivity contribution in [2.45, 2.75) is 71.7 Å². The second kappa shape index (κ2) is 7.54. The molecule has 0 unspecified atom stereocenters. The molecular weight excluding hydrogens is 403 g/mol. The molecule has 2 heterocycles. The van der Waals surface area contributed by atoms with Crippen molar-refractivity contribution in [3.63, 3.8) is 0 Å². The molecular formula is C25H31BN2O4. The molecule has 0 aliphatic carbocycles. The summed E-state index contributed by atoms with van der Waals surface area (Å²) in [6.45, 7) is 14.1. The molecule has 168 valence electrons. The van der Waals surface area contributed by atoms with Crippen LogP contribution in [0.15, 0.2) is 47.4 Å². The molecule has 7 heteroatoms. The van der Waals surface area contributed by atoms with E-state index in [4.69, 9.17) is 9.31 Å². The Morgan fingerprint density at radius 1 is 1.06 bits per heavy atom. The Balaban J connectivity index is 1.83. The summed E-state index contributed by atoms with van der Waals surface area (Å²) in [5.41, 5.74) is 1.64. The molecule has 1 aromatic heterocycles. The fourth-order valence-corrected chi connectivity index (χ4v) is 3.94. The van der Waals surface area contributed by atoms with Crippen molar-refractivity contribution >= 4 is 23.4 Å². The summed E-state index contributed by atoms with van der Waals surface area (Å²) in [7, 11) is -0.646. The van der Waals surface area contributed by atoms with Gasteiger partial charge in [-0.2, -0.15) is 9.78 Å². The van der Waals surface area contributed by atoms with Crippen LogP contribution in [0, 0.1) is 0 Å². The number of hydrogen-bond donors (Lipinski definition) is 1. The number of hydrogen-bond acceptors (Lipinski definition) is 5. The number of nitrogens with zero attached hydrogens (tertiary/aromatic N) is 2. The summed E-state index contributed by atoms with van der Waals surface area (Å²) in [5.74, 6) is 0. The van der Waals surface area contributed by atoms with Crippen LogP contribution in [-0.4, -0.2) is 33.2 Å². The van der Waals surface area contributed by atoms with E-state index in [1.165, 1.54) is 4.68 Å². The van der Waals surface area contributed by atoms with Crippen LogP contribution in [0.1, 0.15) is 59.6 Å². The molecule has 6 nitrogen and oxygen atoms in total. The summed E-state index contributed by atoms with van der Waals surface area (Å²) in [6.07, 6.45) is 1.70. The van der Waals surface area contributed by atoms with Gasteiger partial charge in [-0.1, -0.05) is 39.0 Å². The molecule has 0 spiro atoms. The fraction of sp³-hybridized carbons (Fsp3) is 0.440. The maximum absolute atomic E-state index is 13.4. The first kappa shape index (κ1) is 22.7. The lowest BCUT2D eigenvalue weighted by Gasteiger charge is -2.32. The second-order valence-electron chi connectivity index (χ2n) is 10.5. The van der Waals surface area contributed by atoms with Gasteiger partial charge in [-0.15, -0.1) is 0 Å². The van der Waals surface area contributed by atoms with Gasteiger partial charge in [0, 0.05) is 10.9 Å². The normalized spacial score (nSPS) is 17.8. The summed E-state index contributed by atoms with van der Waals surface area (Å²) < 4.78 is 13.7. The van der Waals surface area contributed by atoms with E-state index in [9.17, 15) is 9.90 Å². The first-order chi connectivity index (χ1) is 14.9. The molecule has 1 N–H and O–H groups in total. The van der Waals surface area contributed by atoms with Gasteiger partial charge in [0.2, 0.25) is 0 Å². The first-order valence-electron chi connectivity index (χ1n) is 11.0. The molecule has 0 atom stereocenters. The van der Waals surface area contributed by atoms with Crippen molar-refractivity contribution < 1.29 is 14.4 Å². The zero-order chi connectivity index (χ0) is 23.5. The molecule has 3 aromatic rings. The SMILES string of the molecule is CC(C)(C)c1ccc2c(=O)n(-c3cccc(B4OC(C)(C)C(C)(C)O4)c3CO)ncc2c1. The molecule has 0 amide bonds. The average molecular weight is 434 g/mol. The maximum atomic E-state index is 13.4. The molecule has 1 aliphatic heterocycles. The minimum atomic E-state index is -0.646. The third kappa shape index (κ3) is 3.68. The number of aliphatic hydroxyl groups is 1. The van der Waals surface area contributed by atoms with E-state index in [0.29, 0.717) is 22.1 Å². The largest absolute Gasteiger partial charge is 0.495 e. The smallest absolute Gasteiger partial charge is 0.399 e. The molecule has 4 rings (SSSR count). The highest BCUT2D eigenvalue weighted by Gasteiger charge is 2.52. The standard InChI is InChI=1S/C25H31BN2O4/c1-23(2,3)17-11-12-18-16(13-17)14-27-28(22(18)30)21-10-8-9-20(19(21)15-29)26-31-24(4,5)25(6,7)32-26/h8-14,29H,15H2,1-7H3. The van der Waals surface area contributed by atoms with Gasteiger partial charge in [0.25, 0.3) is 5.56 Å². The van der Waals surface area contributed by atoms with E-state index >= 15 is 0 Å². The zero-order valence-electron chi connectivity index (χ0n) is 19.9. The highest BCUT2D eigenvalue weighted by molar-refractivity contribution is 6.62. The first-order valence-corrected chi connectivity index (χ1v) is 11.0. The predicted molar refractivity (Wildman–Crippen MR) is 128 cm³/mol. The van der Waals surface area contributed by atoms with Crippen LogP contribution in [0.25, 0.3) is 16.5 Å². The Hall–Kier alpha value is -2.48. The van der Waals surface area contributed by atoms with Crippen LogP contribution < -0.4 is 11.0 Å². The van der Waals surface area contributed by atoms with Crippen LogP contribution in [0.4, 0.5) is 0 Å². The molecule has 2 aromatic carbocycles. The summed E-state index contributed by atoms with van der Waals surface area (Å²) in [4.78, 5) is 13.4. The van der Waals surface area contributed by atoms with Crippen molar-refractivity contribution in [2.75, 3.05) is 0 Å². The van der Waals surface area contributed by atoms with Gasteiger partial charge in [0.15, 0.2) is 0 Å². The van der Waals surface area contributed by atoms with Crippen molar-refractivity contribution in [1.29, 1.82) is 0 Å². The molecule has 0 bridgehead atoms. The Kier molecular flexibility index (Phi) is 5.35. The van der Waals surface area contributed by atoms with Crippen molar-refractivity contribution in [3.8, 4) is 5.69 Å². The van der Waals surface area contributed by atoms with E-state index in [1.807, 2.05) is 58.0 Å². The summed E-state index contributed by atoms with van der Waals surface area (Å²) in [5, 5.41) is 16.1. The Morgan fingerprint density at radius 3 is 2.31 bits per heavy atom. The number of aliphatic hydroxyl groups excluding tert-OH is 1. The van der Waals surface area contributed by atoms with Crippen molar-refractivity contribution in [1.82, 2.24) is 9.78 Å². The number of rotatable bonds is 3. The average Bonchev–Trinajstić information content (AvgIpc) is 2.93. The van der Waals surface area contributed by atoms with E-state index < -0.39 is 18.3 Å². The third-order valence-corrected chi connectivity index (χ3v) is 6.73. The highest BCUT2D eigenvalue weighted by Crippen LogP contribution is 2.37. The van der Waals surface area contributed by atoms with E-state index in [2.05, 4.69) is 25.9 Å². The monoisotopic (exact) mass is 434 g/mol. The van der Waals surface area contributed by atoms with E-state index in [-0.39, 0.29) is 17.6 Å². The van der Waals surface area contributed by atoms with Crippen molar-refractivity contribution in [2.24, 2.45) is 0 Å². The highest BCUT2D eigenvalue weighted by atomic mass is 16.7. The minimum absolute atomic E-state index is 0.0235. The number of fused-ring (bicyclic) bond motifs is 1. The van der Waals surface area contributed by atoms with Gasteiger partial charge in [-0.05, 0) is 62.3 Å². The van der Waals surface area contributed by atoms with Gasteiger partial charge >= 0.3 is 7.12 Å². The van der Waals surface area contributed by atoms with E-state index in [1.54, 1.807) is 12.3 Å². The van der Waals surface area contributed by atoms with Crippen LogP contribution in [0.2, 0.25) is 0 Å². The van der Waals surface area contributed by atoms with Gasteiger partial charge < -0.3 is 14.4 Å². The maximum Gasteiger partial charge on any atom is 0.495 e. The molecule has 1 fully saturated rings. The van der Waals surface area contributed by atoms with Crippen molar-refractivity contribution in [3.05, 3.63) is 64.1 Å². The van der Waals surface area contributed by atoms with Crippen LogP contribution in [-0.2, 0) is 21.3 Å². The molecule has 0 radical (unpaired) electrons. The summed E-state index contributed by atoms with van der Waals surface area (Å²) in [6, 6.07) is 11.3. The Bertz CT molecular complexity index is 1220. The minimum Gasteiger partial charge on any atom is -0.399 e. The van der Waals surface area contributed by atoms with Gasteiger partial charge in [-0.25, -0.2) is 0 Å². The van der Waals surface area contributed by atoms with Crippen LogP contribution in [0.5, 0.6) is 0 Å². The predicted octanol–water partition coefficient (Wildman–Crippen LogP) is 3.47. The quantitative estimate of drug-likeness (QED) is 0.639. The number of benzene rings is 2. The van der Waals surface area contributed by atoms with Gasteiger partial charge in [-0.3, -0.25) is 4.79 Å². The molecule has 1 aliphatic rings. The van der Waals surface area contributed by atoms with Crippen LogP contribution >= 0.6 is 0 Å². The number of aromatic nitrogens is 2.